The molecular weight excluding hydrogens is 252 g/mol. The lowest BCUT2D eigenvalue weighted by molar-refractivity contribution is 0.0988. The number of methoxy groups -OCH3 is 1. The summed E-state index contributed by atoms with van der Waals surface area (Å²) in [5.41, 5.74) is 0.308. The normalized spacial score (nSPS) is 11.2. The van der Waals surface area contributed by atoms with Crippen LogP contribution in [-0.4, -0.2) is 21.3 Å². The van der Waals surface area contributed by atoms with E-state index >= 15 is 0 Å². The Kier molecular flexibility index (Phi) is 3.93. The van der Waals surface area contributed by atoms with Crippen LogP contribution in [0.5, 0.6) is 5.75 Å². The molecule has 0 bridgehead atoms. The minimum atomic E-state index is -3.91. The Balaban J connectivity index is 3.39. The number of halogens is 1. The first-order chi connectivity index (χ1) is 7.40. The standard InChI is InChI=1S/C10H11ClO4S/c1-3-8(12)7-4-5-9(15-2)10(6-7)16(11,13)14/h4-6H,3H2,1-2H3. The van der Waals surface area contributed by atoms with E-state index in [4.69, 9.17) is 15.4 Å². The van der Waals surface area contributed by atoms with Crippen molar-refractivity contribution in [2.75, 3.05) is 7.11 Å². The van der Waals surface area contributed by atoms with Crippen LogP contribution in [0.2, 0.25) is 0 Å². The van der Waals surface area contributed by atoms with Crippen molar-refractivity contribution in [3.63, 3.8) is 0 Å². The minimum absolute atomic E-state index is 0.127. The molecule has 0 saturated heterocycles. The highest BCUT2D eigenvalue weighted by molar-refractivity contribution is 8.13. The molecule has 0 aliphatic carbocycles. The predicted molar refractivity (Wildman–Crippen MR) is 60.7 cm³/mol. The molecule has 0 aliphatic rings. The fourth-order valence-electron chi connectivity index (χ4n) is 1.24. The number of carbonyl (C=O) groups excluding carboxylic acids is 1. The zero-order valence-electron chi connectivity index (χ0n) is 8.86. The molecule has 0 fully saturated rings. The molecule has 1 aromatic carbocycles. The molecule has 0 saturated carbocycles. The molecule has 0 aromatic heterocycles. The summed E-state index contributed by atoms with van der Waals surface area (Å²) in [6.45, 7) is 1.70. The van der Waals surface area contributed by atoms with Crippen LogP contribution >= 0.6 is 10.7 Å². The lowest BCUT2D eigenvalue weighted by Gasteiger charge is -2.07. The monoisotopic (exact) mass is 262 g/mol. The Bertz CT molecular complexity index is 508. The number of rotatable bonds is 4. The molecule has 0 aliphatic heterocycles. The lowest BCUT2D eigenvalue weighted by atomic mass is 10.1. The molecular formula is C10H11ClO4S. The van der Waals surface area contributed by atoms with Crippen LogP contribution in [0, 0.1) is 0 Å². The average molecular weight is 263 g/mol. The van der Waals surface area contributed by atoms with Crippen molar-refractivity contribution < 1.29 is 17.9 Å². The van der Waals surface area contributed by atoms with E-state index in [1.807, 2.05) is 0 Å². The molecule has 0 unspecified atom stereocenters. The van der Waals surface area contributed by atoms with E-state index in [2.05, 4.69) is 0 Å². The zero-order chi connectivity index (χ0) is 12.3. The smallest absolute Gasteiger partial charge is 0.265 e. The summed E-state index contributed by atoms with van der Waals surface area (Å²) in [5.74, 6) is -0.0214. The highest BCUT2D eigenvalue weighted by Gasteiger charge is 2.18. The van der Waals surface area contributed by atoms with Gasteiger partial charge in [0.25, 0.3) is 9.05 Å². The summed E-state index contributed by atoms with van der Waals surface area (Å²) >= 11 is 0. The van der Waals surface area contributed by atoms with Crippen molar-refractivity contribution in [2.24, 2.45) is 0 Å². The van der Waals surface area contributed by atoms with Crippen molar-refractivity contribution in [1.82, 2.24) is 0 Å². The van der Waals surface area contributed by atoms with E-state index < -0.39 is 9.05 Å². The summed E-state index contributed by atoms with van der Waals surface area (Å²) in [6, 6.07) is 4.15. The third-order valence-electron chi connectivity index (χ3n) is 2.07. The fourth-order valence-corrected chi connectivity index (χ4v) is 2.27. The van der Waals surface area contributed by atoms with Gasteiger partial charge in [0.2, 0.25) is 0 Å². The number of Topliss-reactive ketones (excluding diaryl/α,β-unsaturated/α-hetero) is 1. The van der Waals surface area contributed by atoms with Gasteiger partial charge < -0.3 is 4.74 Å². The number of hydrogen-bond acceptors (Lipinski definition) is 4. The molecule has 0 heterocycles. The third kappa shape index (κ3) is 2.74. The number of ether oxygens (including phenoxy) is 1. The SMILES string of the molecule is CCC(=O)c1ccc(OC)c(S(=O)(=O)Cl)c1. The van der Waals surface area contributed by atoms with E-state index in [9.17, 15) is 13.2 Å². The van der Waals surface area contributed by atoms with Crippen molar-refractivity contribution >= 4 is 25.5 Å². The largest absolute Gasteiger partial charge is 0.495 e. The molecule has 88 valence electrons. The molecule has 1 aromatic rings. The van der Waals surface area contributed by atoms with Gasteiger partial charge in [-0.2, -0.15) is 0 Å². The summed E-state index contributed by atoms with van der Waals surface area (Å²) in [7, 11) is 2.66. The molecule has 0 amide bonds. The lowest BCUT2D eigenvalue weighted by Crippen LogP contribution is -2.01. The number of benzene rings is 1. The fraction of sp³-hybridized carbons (Fsp3) is 0.300. The van der Waals surface area contributed by atoms with E-state index in [-0.39, 0.29) is 16.4 Å². The summed E-state index contributed by atoms with van der Waals surface area (Å²) in [4.78, 5) is 11.2. The van der Waals surface area contributed by atoms with Crippen molar-refractivity contribution in [2.45, 2.75) is 18.2 Å². The van der Waals surface area contributed by atoms with Gasteiger partial charge in [-0.1, -0.05) is 6.92 Å². The maximum Gasteiger partial charge on any atom is 0.265 e. The van der Waals surface area contributed by atoms with Gasteiger partial charge in [-0.15, -0.1) is 0 Å². The number of carbonyl (C=O) groups is 1. The molecule has 0 N–H and O–H groups in total. The van der Waals surface area contributed by atoms with E-state index in [0.29, 0.717) is 12.0 Å². The minimum Gasteiger partial charge on any atom is -0.495 e. The topological polar surface area (TPSA) is 60.4 Å². The zero-order valence-corrected chi connectivity index (χ0v) is 10.4. The van der Waals surface area contributed by atoms with Gasteiger partial charge in [-0.05, 0) is 18.2 Å². The molecule has 6 heteroatoms. The quantitative estimate of drug-likeness (QED) is 0.617. The van der Waals surface area contributed by atoms with Gasteiger partial charge in [0, 0.05) is 22.7 Å². The van der Waals surface area contributed by atoms with Gasteiger partial charge in [0.05, 0.1) is 7.11 Å². The van der Waals surface area contributed by atoms with E-state index in [0.717, 1.165) is 0 Å². The molecule has 0 spiro atoms. The second-order valence-electron chi connectivity index (χ2n) is 3.08. The van der Waals surface area contributed by atoms with Crippen molar-refractivity contribution in [1.29, 1.82) is 0 Å². The van der Waals surface area contributed by atoms with Gasteiger partial charge in [-0.3, -0.25) is 4.79 Å². The van der Waals surface area contributed by atoms with Crippen molar-refractivity contribution in [3.05, 3.63) is 23.8 Å². The van der Waals surface area contributed by atoms with Crippen molar-refractivity contribution in [3.8, 4) is 5.75 Å². The Morgan fingerprint density at radius 1 is 1.44 bits per heavy atom. The van der Waals surface area contributed by atoms with Crippen LogP contribution in [0.25, 0.3) is 0 Å². The second kappa shape index (κ2) is 4.84. The summed E-state index contributed by atoms with van der Waals surface area (Å²) in [5, 5.41) is 0. The molecule has 1 rings (SSSR count). The third-order valence-corrected chi connectivity index (χ3v) is 3.41. The first kappa shape index (κ1) is 13.0. The van der Waals surface area contributed by atoms with Crippen LogP contribution in [-0.2, 0) is 9.05 Å². The van der Waals surface area contributed by atoms with Crippen LogP contribution in [0.15, 0.2) is 23.1 Å². The van der Waals surface area contributed by atoms with E-state index in [1.165, 1.54) is 25.3 Å². The molecule has 0 radical (unpaired) electrons. The maximum atomic E-state index is 11.4. The molecule has 4 nitrogen and oxygen atoms in total. The highest BCUT2D eigenvalue weighted by atomic mass is 35.7. The number of ketones is 1. The maximum absolute atomic E-state index is 11.4. The van der Waals surface area contributed by atoms with E-state index in [1.54, 1.807) is 6.92 Å². The Morgan fingerprint density at radius 2 is 2.06 bits per heavy atom. The van der Waals surface area contributed by atoms with Gasteiger partial charge >= 0.3 is 0 Å². The Hall–Kier alpha value is -1.07. The van der Waals surface area contributed by atoms with Crippen LogP contribution in [0.3, 0.4) is 0 Å². The number of hydrogen-bond donors (Lipinski definition) is 0. The first-order valence-electron chi connectivity index (χ1n) is 4.56. The van der Waals surface area contributed by atoms with Crippen LogP contribution < -0.4 is 4.74 Å². The van der Waals surface area contributed by atoms with Gasteiger partial charge in [-0.25, -0.2) is 8.42 Å². The predicted octanol–water partition coefficient (Wildman–Crippen LogP) is 2.22. The Labute approximate surface area is 98.6 Å². The average Bonchev–Trinajstić information content (AvgIpc) is 2.26. The Morgan fingerprint density at radius 3 is 2.50 bits per heavy atom. The highest BCUT2D eigenvalue weighted by Crippen LogP contribution is 2.28. The first-order valence-corrected chi connectivity index (χ1v) is 6.87. The second-order valence-corrected chi connectivity index (χ2v) is 5.61. The van der Waals surface area contributed by atoms with Crippen LogP contribution in [0.1, 0.15) is 23.7 Å². The summed E-state index contributed by atoms with van der Waals surface area (Å²) < 4.78 is 27.4. The van der Waals surface area contributed by atoms with Gasteiger partial charge in [0.15, 0.2) is 5.78 Å². The summed E-state index contributed by atoms with van der Waals surface area (Å²) in [6.07, 6.45) is 0.300. The molecule has 0 atom stereocenters. The molecule has 16 heavy (non-hydrogen) atoms. The van der Waals surface area contributed by atoms with Gasteiger partial charge in [0.1, 0.15) is 10.6 Å². The van der Waals surface area contributed by atoms with Crippen LogP contribution in [0.4, 0.5) is 0 Å².